The number of nitrogen functional groups attached to an aromatic ring is 1. The van der Waals surface area contributed by atoms with Crippen LogP contribution in [0.3, 0.4) is 0 Å². The molecule has 1 aliphatic heterocycles. The van der Waals surface area contributed by atoms with Crippen LogP contribution in [0.4, 0.5) is 6.01 Å². The molecule has 0 bridgehead atoms. The number of nitrogens with two attached hydrogens (primary N) is 1. The fourth-order valence-corrected chi connectivity index (χ4v) is 3.95. The van der Waals surface area contributed by atoms with Gasteiger partial charge in [-0.25, -0.2) is 4.98 Å². The third kappa shape index (κ3) is 3.17. The van der Waals surface area contributed by atoms with Gasteiger partial charge in [0.2, 0.25) is 5.91 Å². The molecule has 1 saturated heterocycles. The SMILES string of the molecule is CC(=O)N1CCN(C(O)c2cnc3ccc(-c4ccc5oc(N)nc5c4)cn23)CC1. The van der Waals surface area contributed by atoms with Gasteiger partial charge in [0.25, 0.3) is 6.01 Å². The van der Waals surface area contributed by atoms with Crippen LogP contribution in [-0.4, -0.2) is 61.4 Å². The predicted molar refractivity (Wildman–Crippen MR) is 111 cm³/mol. The highest BCUT2D eigenvalue weighted by Gasteiger charge is 2.26. The van der Waals surface area contributed by atoms with Crippen molar-refractivity contribution in [3.8, 4) is 11.1 Å². The lowest BCUT2D eigenvalue weighted by Gasteiger charge is -2.36. The number of oxazole rings is 1. The molecular weight excluding hydrogens is 384 g/mol. The number of piperazine rings is 1. The smallest absolute Gasteiger partial charge is 0.292 e. The van der Waals surface area contributed by atoms with Crippen molar-refractivity contribution in [2.75, 3.05) is 31.9 Å². The van der Waals surface area contributed by atoms with E-state index >= 15 is 0 Å². The van der Waals surface area contributed by atoms with Crippen LogP contribution in [0.5, 0.6) is 0 Å². The van der Waals surface area contributed by atoms with Gasteiger partial charge < -0.3 is 20.2 Å². The van der Waals surface area contributed by atoms with Gasteiger partial charge in [-0.2, -0.15) is 4.98 Å². The third-order valence-corrected chi connectivity index (χ3v) is 5.64. The first-order chi connectivity index (χ1) is 14.5. The molecule has 9 heteroatoms. The topological polar surface area (TPSA) is 113 Å². The van der Waals surface area contributed by atoms with E-state index in [1.165, 1.54) is 0 Å². The van der Waals surface area contributed by atoms with Crippen LogP contribution in [0.25, 0.3) is 27.9 Å². The number of carbonyl (C=O) groups is 1. The molecule has 1 fully saturated rings. The van der Waals surface area contributed by atoms with Gasteiger partial charge in [0.15, 0.2) is 11.8 Å². The zero-order chi connectivity index (χ0) is 20.8. The maximum atomic E-state index is 11.5. The van der Waals surface area contributed by atoms with Crippen molar-refractivity contribution in [2.45, 2.75) is 13.2 Å². The van der Waals surface area contributed by atoms with Gasteiger partial charge in [-0.1, -0.05) is 6.07 Å². The number of hydrogen-bond acceptors (Lipinski definition) is 7. The van der Waals surface area contributed by atoms with E-state index in [0.717, 1.165) is 16.8 Å². The van der Waals surface area contributed by atoms with Crippen LogP contribution in [-0.2, 0) is 4.79 Å². The fraction of sp³-hybridized carbons (Fsp3) is 0.286. The molecule has 0 saturated carbocycles. The molecular formula is C21H22N6O3. The fourth-order valence-electron chi connectivity index (χ4n) is 3.95. The molecule has 4 heterocycles. The molecule has 0 spiro atoms. The van der Waals surface area contributed by atoms with Gasteiger partial charge in [-0.15, -0.1) is 0 Å². The number of amides is 1. The number of carbonyl (C=O) groups excluding carboxylic acids is 1. The third-order valence-electron chi connectivity index (χ3n) is 5.64. The standard InChI is InChI=1S/C21H22N6O3/c1-13(28)25-6-8-26(9-7-25)20(29)17-11-23-19-5-3-15(12-27(17)19)14-2-4-18-16(10-14)24-21(22)30-18/h2-5,10-12,20,29H,6-9H2,1H3,(H2,22,24). The number of hydrogen-bond donors (Lipinski definition) is 2. The van der Waals surface area contributed by atoms with Crippen LogP contribution < -0.4 is 5.73 Å². The minimum absolute atomic E-state index is 0.0643. The predicted octanol–water partition coefficient (Wildman–Crippen LogP) is 1.88. The Kier molecular flexibility index (Phi) is 4.41. The highest BCUT2D eigenvalue weighted by molar-refractivity contribution is 5.81. The summed E-state index contributed by atoms with van der Waals surface area (Å²) in [5, 5.41) is 11.0. The lowest BCUT2D eigenvalue weighted by molar-refractivity contribution is -0.132. The summed E-state index contributed by atoms with van der Waals surface area (Å²) >= 11 is 0. The molecule has 3 aromatic heterocycles. The van der Waals surface area contributed by atoms with Crippen molar-refractivity contribution in [3.05, 3.63) is 48.4 Å². The number of aromatic nitrogens is 3. The number of nitrogens with zero attached hydrogens (tertiary/aromatic N) is 5. The Bertz CT molecular complexity index is 1240. The average Bonchev–Trinajstić information content (AvgIpc) is 3.34. The summed E-state index contributed by atoms with van der Waals surface area (Å²) in [4.78, 5) is 23.9. The molecule has 1 aliphatic rings. The summed E-state index contributed by atoms with van der Waals surface area (Å²) in [7, 11) is 0. The monoisotopic (exact) mass is 406 g/mol. The second kappa shape index (κ2) is 7.12. The molecule has 1 atom stereocenters. The minimum atomic E-state index is -0.804. The quantitative estimate of drug-likeness (QED) is 0.534. The molecule has 30 heavy (non-hydrogen) atoms. The number of benzene rings is 1. The van der Waals surface area contributed by atoms with Crippen molar-refractivity contribution in [3.63, 3.8) is 0 Å². The number of fused-ring (bicyclic) bond motifs is 2. The summed E-state index contributed by atoms with van der Waals surface area (Å²) in [6.07, 6.45) is 2.85. The van der Waals surface area contributed by atoms with E-state index in [4.69, 9.17) is 10.2 Å². The van der Waals surface area contributed by atoms with Crippen molar-refractivity contribution in [1.82, 2.24) is 24.2 Å². The van der Waals surface area contributed by atoms with Gasteiger partial charge in [0, 0.05) is 39.3 Å². The molecule has 5 rings (SSSR count). The van der Waals surface area contributed by atoms with Gasteiger partial charge in [0.1, 0.15) is 11.2 Å². The highest BCUT2D eigenvalue weighted by atomic mass is 16.4. The number of aliphatic hydroxyl groups excluding tert-OH is 1. The summed E-state index contributed by atoms with van der Waals surface area (Å²) in [5.74, 6) is 0.0643. The second-order valence-corrected chi connectivity index (χ2v) is 7.48. The van der Waals surface area contributed by atoms with E-state index in [9.17, 15) is 9.90 Å². The van der Waals surface area contributed by atoms with Gasteiger partial charge in [-0.3, -0.25) is 14.1 Å². The van der Waals surface area contributed by atoms with Crippen LogP contribution in [0, 0.1) is 0 Å². The number of aliphatic hydroxyl groups is 1. The van der Waals surface area contributed by atoms with Crippen molar-refractivity contribution < 1.29 is 14.3 Å². The maximum Gasteiger partial charge on any atom is 0.292 e. The van der Waals surface area contributed by atoms with Gasteiger partial charge in [0.05, 0.1) is 11.9 Å². The lowest BCUT2D eigenvalue weighted by Crippen LogP contribution is -2.49. The Balaban J connectivity index is 1.46. The lowest BCUT2D eigenvalue weighted by atomic mass is 10.1. The van der Waals surface area contributed by atoms with E-state index in [0.29, 0.717) is 43.0 Å². The van der Waals surface area contributed by atoms with Crippen molar-refractivity contribution in [2.24, 2.45) is 0 Å². The molecule has 0 aliphatic carbocycles. The Morgan fingerprint density at radius 1 is 1.17 bits per heavy atom. The zero-order valence-electron chi connectivity index (χ0n) is 16.5. The number of anilines is 1. The average molecular weight is 406 g/mol. The maximum absolute atomic E-state index is 11.5. The highest BCUT2D eigenvalue weighted by Crippen LogP contribution is 2.28. The van der Waals surface area contributed by atoms with Crippen LogP contribution in [0.2, 0.25) is 0 Å². The van der Waals surface area contributed by atoms with E-state index in [-0.39, 0.29) is 11.9 Å². The molecule has 154 valence electrons. The molecule has 4 aromatic rings. The summed E-state index contributed by atoms with van der Waals surface area (Å²) in [6, 6.07) is 9.75. The van der Waals surface area contributed by atoms with E-state index in [2.05, 4.69) is 9.97 Å². The molecule has 1 amide bonds. The molecule has 9 nitrogen and oxygen atoms in total. The number of pyridine rings is 1. The summed E-state index contributed by atoms with van der Waals surface area (Å²) in [6.45, 7) is 4.00. The molecule has 3 N–H and O–H groups in total. The number of rotatable bonds is 3. The minimum Gasteiger partial charge on any atom is -0.424 e. The van der Waals surface area contributed by atoms with E-state index in [1.54, 1.807) is 18.0 Å². The Hall–Kier alpha value is -3.43. The van der Waals surface area contributed by atoms with Gasteiger partial charge in [-0.05, 0) is 35.4 Å². The normalized spacial score (nSPS) is 16.4. The summed E-state index contributed by atoms with van der Waals surface area (Å²) in [5.41, 5.74) is 10.3. The van der Waals surface area contributed by atoms with Gasteiger partial charge >= 0.3 is 0 Å². The van der Waals surface area contributed by atoms with Crippen LogP contribution in [0.1, 0.15) is 18.8 Å². The molecule has 1 aromatic carbocycles. The molecule has 0 radical (unpaired) electrons. The van der Waals surface area contributed by atoms with Crippen molar-refractivity contribution >= 4 is 28.7 Å². The largest absolute Gasteiger partial charge is 0.424 e. The summed E-state index contributed by atoms with van der Waals surface area (Å²) < 4.78 is 7.25. The van der Waals surface area contributed by atoms with Crippen molar-refractivity contribution in [1.29, 1.82) is 0 Å². The first-order valence-corrected chi connectivity index (χ1v) is 9.81. The van der Waals surface area contributed by atoms with E-state index < -0.39 is 6.23 Å². The first kappa shape index (κ1) is 18.6. The first-order valence-electron chi connectivity index (χ1n) is 9.81. The Morgan fingerprint density at radius 3 is 2.70 bits per heavy atom. The van der Waals surface area contributed by atoms with Crippen LogP contribution in [0.15, 0.2) is 47.1 Å². The second-order valence-electron chi connectivity index (χ2n) is 7.48. The Labute approximate surface area is 172 Å². The van der Waals surface area contributed by atoms with Crippen LogP contribution >= 0.6 is 0 Å². The molecule has 1 unspecified atom stereocenters. The number of imidazole rings is 1. The zero-order valence-corrected chi connectivity index (χ0v) is 16.5. The Morgan fingerprint density at radius 2 is 1.93 bits per heavy atom. The van der Waals surface area contributed by atoms with E-state index in [1.807, 2.05) is 45.8 Å².